The second-order valence-corrected chi connectivity index (χ2v) is 7.69. The van der Waals surface area contributed by atoms with Crippen molar-refractivity contribution in [3.63, 3.8) is 0 Å². The Labute approximate surface area is 175 Å². The molecule has 1 aromatic heterocycles. The molecule has 0 bridgehead atoms. The second-order valence-electron chi connectivity index (χ2n) is 7.69. The molecule has 158 valence electrons. The number of nitrogens with zero attached hydrogens (tertiary/aromatic N) is 2. The van der Waals surface area contributed by atoms with Crippen LogP contribution in [0.5, 0.6) is 0 Å². The fraction of sp³-hybridized carbons (Fsp3) is 0.227. The zero-order chi connectivity index (χ0) is 21.6. The van der Waals surface area contributed by atoms with Gasteiger partial charge in [-0.3, -0.25) is 4.79 Å². The highest BCUT2D eigenvalue weighted by Gasteiger charge is 2.36. The van der Waals surface area contributed by atoms with Crippen LogP contribution in [0.15, 0.2) is 48.7 Å². The van der Waals surface area contributed by atoms with Crippen molar-refractivity contribution < 1.29 is 18.0 Å². The van der Waals surface area contributed by atoms with Crippen molar-refractivity contribution in [2.24, 2.45) is 0 Å². The van der Waals surface area contributed by atoms with Gasteiger partial charge >= 0.3 is 6.18 Å². The van der Waals surface area contributed by atoms with E-state index in [1.807, 2.05) is 24.3 Å². The fourth-order valence-electron chi connectivity index (χ4n) is 4.05. The minimum Gasteiger partial charge on any atom is -0.366 e. The lowest BCUT2D eigenvalue weighted by molar-refractivity contribution is -0.137. The summed E-state index contributed by atoms with van der Waals surface area (Å²) in [6.07, 6.45) is -2.27. The van der Waals surface area contributed by atoms with E-state index < -0.39 is 11.7 Å². The molecule has 3 aromatic rings. The van der Waals surface area contributed by atoms with Gasteiger partial charge in [0.25, 0.3) is 0 Å². The summed E-state index contributed by atoms with van der Waals surface area (Å²) in [5.41, 5.74) is 3.48. The van der Waals surface area contributed by atoms with E-state index in [2.05, 4.69) is 25.9 Å². The van der Waals surface area contributed by atoms with Crippen molar-refractivity contribution in [1.29, 1.82) is 0 Å². The van der Waals surface area contributed by atoms with Gasteiger partial charge in [0.2, 0.25) is 11.9 Å². The van der Waals surface area contributed by atoms with E-state index in [1.54, 1.807) is 18.2 Å². The van der Waals surface area contributed by atoms with Gasteiger partial charge in [-0.15, -0.1) is 0 Å². The summed E-state index contributed by atoms with van der Waals surface area (Å²) in [5.74, 6) is -0.300. The predicted octanol–water partition coefficient (Wildman–Crippen LogP) is 4.31. The van der Waals surface area contributed by atoms with Crippen LogP contribution in [-0.4, -0.2) is 21.9 Å². The number of hydrogen-bond acceptors (Lipinski definition) is 5. The second kappa shape index (κ2) is 7.26. The molecule has 3 N–H and O–H groups in total. The van der Waals surface area contributed by atoms with E-state index in [9.17, 15) is 18.0 Å². The van der Waals surface area contributed by atoms with Crippen LogP contribution in [0.2, 0.25) is 0 Å². The molecule has 9 heteroatoms. The largest absolute Gasteiger partial charge is 0.421 e. The van der Waals surface area contributed by atoms with Crippen molar-refractivity contribution in [2.45, 2.75) is 31.5 Å². The Hall–Kier alpha value is -3.62. The van der Waals surface area contributed by atoms with Crippen LogP contribution < -0.4 is 16.0 Å². The van der Waals surface area contributed by atoms with Gasteiger partial charge in [0.15, 0.2) is 0 Å². The molecule has 2 aromatic carbocycles. The van der Waals surface area contributed by atoms with Gasteiger partial charge in [-0.2, -0.15) is 18.2 Å². The molecule has 0 atom stereocenters. The average molecular weight is 425 g/mol. The van der Waals surface area contributed by atoms with Crippen LogP contribution in [0, 0.1) is 0 Å². The van der Waals surface area contributed by atoms with E-state index >= 15 is 0 Å². The molecule has 0 radical (unpaired) electrons. The third-order valence-corrected chi connectivity index (χ3v) is 5.47. The first-order valence-electron chi connectivity index (χ1n) is 9.82. The van der Waals surface area contributed by atoms with E-state index in [1.165, 1.54) is 0 Å². The van der Waals surface area contributed by atoms with Crippen molar-refractivity contribution in [3.8, 4) is 0 Å². The highest BCUT2D eigenvalue weighted by molar-refractivity contribution is 5.99. The van der Waals surface area contributed by atoms with Gasteiger partial charge in [0.1, 0.15) is 11.4 Å². The SMILES string of the molecule is O=C1Cc2cc(Nc3ncc(C(F)(F)F)c(NC4Cc5ccccc5C4)n3)ccc2N1. The number of anilines is 4. The molecule has 0 saturated heterocycles. The van der Waals surface area contributed by atoms with Gasteiger partial charge in [0.05, 0.1) is 6.42 Å². The number of benzene rings is 2. The van der Waals surface area contributed by atoms with E-state index in [4.69, 9.17) is 0 Å². The van der Waals surface area contributed by atoms with E-state index in [0.717, 1.165) is 28.6 Å². The van der Waals surface area contributed by atoms with Gasteiger partial charge in [-0.05, 0) is 47.7 Å². The van der Waals surface area contributed by atoms with Crippen molar-refractivity contribution in [1.82, 2.24) is 9.97 Å². The first-order chi connectivity index (χ1) is 14.8. The quantitative estimate of drug-likeness (QED) is 0.581. The first kappa shape index (κ1) is 19.3. The van der Waals surface area contributed by atoms with Gasteiger partial charge in [-0.1, -0.05) is 24.3 Å². The van der Waals surface area contributed by atoms with Gasteiger partial charge in [-0.25, -0.2) is 4.98 Å². The summed E-state index contributed by atoms with van der Waals surface area (Å²) >= 11 is 0. The zero-order valence-corrected chi connectivity index (χ0v) is 16.3. The number of amides is 1. The lowest BCUT2D eigenvalue weighted by Gasteiger charge is -2.18. The van der Waals surface area contributed by atoms with Crippen molar-refractivity contribution >= 4 is 29.0 Å². The summed E-state index contributed by atoms with van der Waals surface area (Å²) in [6.45, 7) is 0. The van der Waals surface area contributed by atoms with Gasteiger partial charge < -0.3 is 16.0 Å². The van der Waals surface area contributed by atoms with E-state index in [-0.39, 0.29) is 30.1 Å². The summed E-state index contributed by atoms with van der Waals surface area (Å²) in [5, 5.41) is 8.65. The molecule has 1 aliphatic heterocycles. The third-order valence-electron chi connectivity index (χ3n) is 5.47. The minimum absolute atomic E-state index is 0.0447. The smallest absolute Gasteiger partial charge is 0.366 e. The van der Waals surface area contributed by atoms with Crippen molar-refractivity contribution in [2.75, 3.05) is 16.0 Å². The van der Waals surface area contributed by atoms with Crippen molar-refractivity contribution in [3.05, 3.63) is 70.9 Å². The monoisotopic (exact) mass is 425 g/mol. The number of carbonyl (C=O) groups is 1. The molecule has 6 nitrogen and oxygen atoms in total. The number of rotatable bonds is 4. The standard InChI is InChI=1S/C22H18F3N5O/c23-22(24,25)17-11-26-21(28-15-5-6-18-14(9-15)10-19(31)29-18)30-20(17)27-16-7-12-3-1-2-4-13(12)8-16/h1-6,9,11,16H,7-8,10H2,(H,29,31)(H2,26,27,28,30). The van der Waals surface area contributed by atoms with Crippen LogP contribution in [0.3, 0.4) is 0 Å². The predicted molar refractivity (Wildman–Crippen MR) is 110 cm³/mol. The Bertz CT molecular complexity index is 1150. The molecular weight excluding hydrogens is 407 g/mol. The molecule has 1 aliphatic carbocycles. The Morgan fingerprint density at radius 2 is 1.77 bits per heavy atom. The van der Waals surface area contributed by atoms with Gasteiger partial charge in [0, 0.05) is 23.6 Å². The van der Waals surface area contributed by atoms with E-state index in [0.29, 0.717) is 18.5 Å². The van der Waals surface area contributed by atoms with Crippen LogP contribution in [0.4, 0.5) is 36.3 Å². The molecule has 0 unspecified atom stereocenters. The Morgan fingerprint density at radius 3 is 2.48 bits per heavy atom. The van der Waals surface area contributed by atoms with Crippen LogP contribution >= 0.6 is 0 Å². The number of alkyl halides is 3. The Morgan fingerprint density at radius 1 is 1.03 bits per heavy atom. The summed E-state index contributed by atoms with van der Waals surface area (Å²) in [7, 11) is 0. The molecule has 0 fully saturated rings. The maximum absolute atomic E-state index is 13.6. The first-order valence-corrected chi connectivity index (χ1v) is 9.82. The summed E-state index contributed by atoms with van der Waals surface area (Å²) in [4.78, 5) is 19.5. The maximum Gasteiger partial charge on any atom is 0.421 e. The molecule has 0 spiro atoms. The third kappa shape index (κ3) is 3.90. The zero-order valence-electron chi connectivity index (χ0n) is 16.3. The molecule has 2 aliphatic rings. The molecule has 31 heavy (non-hydrogen) atoms. The number of aromatic nitrogens is 2. The maximum atomic E-state index is 13.6. The molecule has 0 saturated carbocycles. The molecular formula is C22H18F3N5O. The summed E-state index contributed by atoms with van der Waals surface area (Å²) < 4.78 is 40.7. The Balaban J connectivity index is 1.40. The molecule has 5 rings (SSSR count). The molecule has 2 heterocycles. The number of halogens is 3. The minimum atomic E-state index is -4.58. The highest BCUT2D eigenvalue weighted by atomic mass is 19.4. The Kier molecular flexibility index (Phi) is 4.53. The van der Waals surface area contributed by atoms with Crippen LogP contribution in [0.1, 0.15) is 22.3 Å². The number of fused-ring (bicyclic) bond motifs is 2. The molecule has 1 amide bonds. The number of carbonyl (C=O) groups excluding carboxylic acids is 1. The fourth-order valence-corrected chi connectivity index (χ4v) is 4.05. The number of hydrogen-bond donors (Lipinski definition) is 3. The topological polar surface area (TPSA) is 78.9 Å². The average Bonchev–Trinajstić information content (AvgIpc) is 3.28. The van der Waals surface area contributed by atoms with Crippen LogP contribution in [-0.2, 0) is 30.2 Å². The van der Waals surface area contributed by atoms with Crippen LogP contribution in [0.25, 0.3) is 0 Å². The number of nitrogens with one attached hydrogen (secondary N) is 3. The lowest BCUT2D eigenvalue weighted by Crippen LogP contribution is -2.23. The summed E-state index contributed by atoms with van der Waals surface area (Å²) in [6, 6.07) is 12.9. The normalized spacial score (nSPS) is 15.4. The highest BCUT2D eigenvalue weighted by Crippen LogP contribution is 2.36. The lowest BCUT2D eigenvalue weighted by atomic mass is 10.1.